The molecular weight excluding hydrogens is 326 g/mol. The van der Waals surface area contributed by atoms with Crippen LogP contribution in [-0.4, -0.2) is 36.7 Å². The van der Waals surface area contributed by atoms with Gasteiger partial charge in [0.2, 0.25) is 0 Å². The number of aromatic nitrogens is 1. The summed E-state index contributed by atoms with van der Waals surface area (Å²) in [6.07, 6.45) is 1.73. The van der Waals surface area contributed by atoms with Crippen molar-refractivity contribution in [3.8, 4) is 0 Å². The van der Waals surface area contributed by atoms with E-state index < -0.39 is 0 Å². The third-order valence-electron chi connectivity index (χ3n) is 3.24. The molecule has 130 valence electrons. The van der Waals surface area contributed by atoms with Gasteiger partial charge in [0.05, 0.1) is 24.5 Å². The van der Waals surface area contributed by atoms with Gasteiger partial charge in [0.1, 0.15) is 5.76 Å². The summed E-state index contributed by atoms with van der Waals surface area (Å²) in [5.41, 5.74) is 1.49. The minimum absolute atomic E-state index is 0.274. The maximum absolute atomic E-state index is 11.6. The van der Waals surface area contributed by atoms with Gasteiger partial charge in [0.25, 0.3) is 0 Å². The summed E-state index contributed by atoms with van der Waals surface area (Å²) in [7, 11) is 0. The molecule has 0 unspecified atom stereocenters. The highest BCUT2D eigenvalue weighted by atomic mass is 32.2. The quantitative estimate of drug-likeness (QED) is 0.368. The Hall–Kier alpha value is -1.79. The van der Waals surface area contributed by atoms with E-state index >= 15 is 0 Å². The number of thioether (sulfide) groups is 1. The van der Waals surface area contributed by atoms with Gasteiger partial charge in [-0.2, -0.15) is 0 Å². The Balaban J connectivity index is 1.56. The molecule has 0 aliphatic heterocycles. The van der Waals surface area contributed by atoms with E-state index in [4.69, 9.17) is 14.0 Å². The van der Waals surface area contributed by atoms with Crippen LogP contribution in [0.3, 0.4) is 0 Å². The Labute approximate surface area is 146 Å². The first-order valence-electron chi connectivity index (χ1n) is 8.09. The fraction of sp³-hybridized carbons (Fsp3) is 0.444. The van der Waals surface area contributed by atoms with Gasteiger partial charge < -0.3 is 14.0 Å². The molecule has 1 heterocycles. The molecule has 1 aromatic carbocycles. The summed E-state index contributed by atoms with van der Waals surface area (Å²) in [5, 5.41) is 3.84. The van der Waals surface area contributed by atoms with E-state index in [1.54, 1.807) is 30.8 Å². The highest BCUT2D eigenvalue weighted by molar-refractivity contribution is 7.99. The predicted molar refractivity (Wildman–Crippen MR) is 93.5 cm³/mol. The number of hydrogen-bond donors (Lipinski definition) is 0. The van der Waals surface area contributed by atoms with Crippen LogP contribution in [0.25, 0.3) is 0 Å². The smallest absolute Gasteiger partial charge is 0.338 e. The average molecular weight is 349 g/mol. The van der Waals surface area contributed by atoms with E-state index in [1.165, 1.54) is 0 Å². The highest BCUT2D eigenvalue weighted by Gasteiger charge is 2.05. The second-order valence-corrected chi connectivity index (χ2v) is 6.41. The fourth-order valence-electron chi connectivity index (χ4n) is 2.06. The maximum Gasteiger partial charge on any atom is 0.338 e. The van der Waals surface area contributed by atoms with Crippen molar-refractivity contribution < 1.29 is 18.8 Å². The Bertz CT molecular complexity index is 624. The number of ether oxygens (including phenoxy) is 2. The number of aryl methyl sites for hydroxylation is 1. The molecule has 0 spiro atoms. The molecule has 0 aliphatic rings. The second kappa shape index (κ2) is 10.2. The van der Waals surface area contributed by atoms with E-state index in [1.807, 2.05) is 25.1 Å². The lowest BCUT2D eigenvalue weighted by Gasteiger charge is -2.05. The molecule has 0 N–H and O–H groups in total. The van der Waals surface area contributed by atoms with Crippen LogP contribution in [0.15, 0.2) is 39.8 Å². The van der Waals surface area contributed by atoms with Crippen molar-refractivity contribution in [1.29, 1.82) is 0 Å². The number of nitrogens with zero attached hydrogens (tertiary/aromatic N) is 1. The molecule has 0 fully saturated rings. The molecule has 0 bridgehead atoms. The average Bonchev–Trinajstić information content (AvgIpc) is 3.00. The van der Waals surface area contributed by atoms with Gasteiger partial charge in [-0.1, -0.05) is 5.16 Å². The number of esters is 1. The van der Waals surface area contributed by atoms with Crippen molar-refractivity contribution in [2.45, 2.75) is 31.6 Å². The number of rotatable bonds is 10. The normalized spacial score (nSPS) is 10.8. The molecule has 2 rings (SSSR count). The molecule has 0 amide bonds. The zero-order chi connectivity index (χ0) is 17.2. The monoisotopic (exact) mass is 349 g/mol. The molecular formula is C18H23NO4S. The summed E-state index contributed by atoms with van der Waals surface area (Å²) in [6.45, 7) is 5.47. The van der Waals surface area contributed by atoms with Crippen molar-refractivity contribution >= 4 is 17.7 Å². The number of hydrogen-bond acceptors (Lipinski definition) is 6. The lowest BCUT2D eigenvalue weighted by Crippen LogP contribution is -2.04. The van der Waals surface area contributed by atoms with Gasteiger partial charge in [-0.05, 0) is 44.5 Å². The fourth-order valence-corrected chi connectivity index (χ4v) is 2.89. The lowest BCUT2D eigenvalue weighted by molar-refractivity contribution is 0.0526. The van der Waals surface area contributed by atoms with Gasteiger partial charge in [-0.3, -0.25) is 0 Å². The molecule has 5 nitrogen and oxygen atoms in total. The second-order valence-electron chi connectivity index (χ2n) is 5.24. The van der Waals surface area contributed by atoms with Crippen molar-refractivity contribution in [1.82, 2.24) is 5.16 Å². The summed E-state index contributed by atoms with van der Waals surface area (Å²) >= 11 is 1.75. The zero-order valence-electron chi connectivity index (χ0n) is 14.1. The highest BCUT2D eigenvalue weighted by Crippen LogP contribution is 2.19. The molecule has 0 aliphatic carbocycles. The topological polar surface area (TPSA) is 61.6 Å². The van der Waals surface area contributed by atoms with Gasteiger partial charge in [-0.15, -0.1) is 11.8 Å². The Morgan fingerprint density at radius 3 is 2.71 bits per heavy atom. The van der Waals surface area contributed by atoms with E-state index in [0.29, 0.717) is 18.8 Å². The van der Waals surface area contributed by atoms with Crippen molar-refractivity contribution in [2.24, 2.45) is 0 Å². The lowest BCUT2D eigenvalue weighted by atomic mass is 10.2. The molecule has 0 radical (unpaired) electrons. The Morgan fingerprint density at radius 1 is 1.25 bits per heavy atom. The maximum atomic E-state index is 11.6. The molecule has 0 saturated heterocycles. The minimum atomic E-state index is -0.274. The zero-order valence-corrected chi connectivity index (χ0v) is 14.9. The first kappa shape index (κ1) is 18.5. The molecule has 0 atom stereocenters. The largest absolute Gasteiger partial charge is 0.462 e. The van der Waals surface area contributed by atoms with E-state index in [2.05, 4.69) is 5.16 Å². The van der Waals surface area contributed by atoms with Crippen molar-refractivity contribution in [3.63, 3.8) is 0 Å². The Kier molecular flexibility index (Phi) is 7.85. The first-order chi connectivity index (χ1) is 11.7. The summed E-state index contributed by atoms with van der Waals surface area (Å²) in [6, 6.07) is 9.43. The van der Waals surface area contributed by atoms with Gasteiger partial charge in [-0.25, -0.2) is 4.79 Å². The molecule has 2 aromatic rings. The number of carbonyl (C=O) groups excluding carboxylic acids is 1. The molecule has 6 heteroatoms. The van der Waals surface area contributed by atoms with Gasteiger partial charge >= 0.3 is 5.97 Å². The van der Waals surface area contributed by atoms with E-state index in [-0.39, 0.29) is 5.97 Å². The number of benzene rings is 1. The van der Waals surface area contributed by atoms with Crippen LogP contribution in [0.2, 0.25) is 0 Å². The molecule has 24 heavy (non-hydrogen) atoms. The van der Waals surface area contributed by atoms with Crippen LogP contribution >= 0.6 is 11.8 Å². The van der Waals surface area contributed by atoms with E-state index in [9.17, 15) is 4.79 Å². The van der Waals surface area contributed by atoms with Crippen molar-refractivity contribution in [3.05, 3.63) is 47.3 Å². The third-order valence-corrected chi connectivity index (χ3v) is 4.34. The van der Waals surface area contributed by atoms with Crippen LogP contribution in [-0.2, 0) is 15.9 Å². The van der Waals surface area contributed by atoms with Gasteiger partial charge in [0.15, 0.2) is 0 Å². The molecule has 1 aromatic heterocycles. The first-order valence-corrected chi connectivity index (χ1v) is 9.07. The van der Waals surface area contributed by atoms with Crippen LogP contribution in [0.5, 0.6) is 0 Å². The van der Waals surface area contributed by atoms with Crippen LogP contribution in [0.4, 0.5) is 0 Å². The van der Waals surface area contributed by atoms with Gasteiger partial charge in [0, 0.05) is 29.7 Å². The van der Waals surface area contributed by atoms with Crippen molar-refractivity contribution in [2.75, 3.05) is 25.6 Å². The predicted octanol–water partition coefficient (Wildman–Crippen LogP) is 3.90. The Morgan fingerprint density at radius 2 is 2.04 bits per heavy atom. The summed E-state index contributed by atoms with van der Waals surface area (Å²) in [5.74, 6) is 1.56. The minimum Gasteiger partial charge on any atom is -0.462 e. The molecule has 0 saturated carbocycles. The van der Waals surface area contributed by atoms with Crippen LogP contribution in [0.1, 0.15) is 35.2 Å². The third kappa shape index (κ3) is 6.37. The summed E-state index contributed by atoms with van der Waals surface area (Å²) < 4.78 is 15.7. The standard InChI is InChI=1S/C18H23NO4S/c1-3-22-18(20)15-5-7-17(8-6-15)24-12-4-10-21-11-9-16-13-14(2)19-23-16/h5-8,13H,3-4,9-12H2,1-2H3. The van der Waals surface area contributed by atoms with Crippen LogP contribution in [0, 0.1) is 6.92 Å². The summed E-state index contributed by atoms with van der Waals surface area (Å²) in [4.78, 5) is 12.7. The van der Waals surface area contributed by atoms with Crippen LogP contribution < -0.4 is 0 Å². The van der Waals surface area contributed by atoms with E-state index in [0.717, 1.165) is 41.6 Å². The number of carbonyl (C=O) groups is 1. The SMILES string of the molecule is CCOC(=O)c1ccc(SCCCOCCc2cc(C)no2)cc1.